The Labute approximate surface area is 132 Å². The standard InChI is InChI=1S/C17H24O4S/c1-11-5-7-13(8-6-11)22(19,20)21-15-10-12-9-14(16(12,2)3)17(15,4)18/h5-8,12,14-15,18H,9-10H2,1-4H3/t12?,14?,15-,17+/m0/s1. The summed E-state index contributed by atoms with van der Waals surface area (Å²) < 4.78 is 30.3. The van der Waals surface area contributed by atoms with Gasteiger partial charge in [-0.15, -0.1) is 0 Å². The van der Waals surface area contributed by atoms with Crippen LogP contribution in [0.15, 0.2) is 29.2 Å². The predicted octanol–water partition coefficient (Wildman–Crippen LogP) is 2.89. The number of aryl methyl sites for hydroxylation is 1. The molecule has 1 aromatic rings. The fourth-order valence-corrected chi connectivity index (χ4v) is 5.34. The molecule has 3 aliphatic carbocycles. The molecule has 0 radical (unpaired) electrons. The van der Waals surface area contributed by atoms with E-state index in [-0.39, 0.29) is 16.2 Å². The quantitative estimate of drug-likeness (QED) is 0.868. The summed E-state index contributed by atoms with van der Waals surface area (Å²) in [4.78, 5) is 0.146. The van der Waals surface area contributed by atoms with Crippen LogP contribution in [-0.2, 0) is 14.3 Å². The molecule has 3 fully saturated rings. The van der Waals surface area contributed by atoms with Crippen molar-refractivity contribution in [2.75, 3.05) is 0 Å². The first kappa shape index (κ1) is 16.0. The molecule has 0 aromatic heterocycles. The molecule has 2 unspecified atom stereocenters. The second-order valence-corrected chi connectivity index (χ2v) is 9.19. The Morgan fingerprint density at radius 2 is 1.73 bits per heavy atom. The van der Waals surface area contributed by atoms with Crippen molar-refractivity contribution in [1.29, 1.82) is 0 Å². The molecular weight excluding hydrogens is 300 g/mol. The Bertz CT molecular complexity index is 673. The minimum Gasteiger partial charge on any atom is -0.387 e. The maximum absolute atomic E-state index is 12.4. The van der Waals surface area contributed by atoms with E-state index in [1.54, 1.807) is 31.2 Å². The van der Waals surface area contributed by atoms with Gasteiger partial charge < -0.3 is 5.11 Å². The molecule has 0 saturated heterocycles. The zero-order valence-electron chi connectivity index (χ0n) is 13.5. The van der Waals surface area contributed by atoms with Crippen molar-refractivity contribution in [2.45, 2.75) is 57.1 Å². The summed E-state index contributed by atoms with van der Waals surface area (Å²) in [6.45, 7) is 7.90. The number of rotatable bonds is 3. The fraction of sp³-hybridized carbons (Fsp3) is 0.647. The van der Waals surface area contributed by atoms with Gasteiger partial charge in [0.1, 0.15) is 6.10 Å². The number of hydrogen-bond donors (Lipinski definition) is 1. The van der Waals surface area contributed by atoms with Crippen LogP contribution in [-0.4, -0.2) is 25.2 Å². The van der Waals surface area contributed by atoms with Gasteiger partial charge >= 0.3 is 0 Å². The van der Waals surface area contributed by atoms with Crippen molar-refractivity contribution in [2.24, 2.45) is 17.3 Å². The third kappa shape index (κ3) is 2.30. The molecule has 0 heterocycles. The number of aliphatic hydroxyl groups is 1. The topological polar surface area (TPSA) is 63.6 Å². The lowest BCUT2D eigenvalue weighted by atomic mass is 9.43. The number of fused-ring (bicyclic) bond motifs is 2. The van der Waals surface area contributed by atoms with Gasteiger partial charge in [0.15, 0.2) is 0 Å². The summed E-state index contributed by atoms with van der Waals surface area (Å²) in [7, 11) is -3.85. The van der Waals surface area contributed by atoms with E-state index >= 15 is 0 Å². The molecular formula is C17H24O4S. The first-order chi connectivity index (χ1) is 10.0. The molecule has 5 heteroatoms. The Balaban J connectivity index is 1.83. The average molecular weight is 324 g/mol. The van der Waals surface area contributed by atoms with E-state index < -0.39 is 21.8 Å². The Morgan fingerprint density at radius 3 is 2.23 bits per heavy atom. The van der Waals surface area contributed by atoms with Crippen molar-refractivity contribution in [3.63, 3.8) is 0 Å². The van der Waals surface area contributed by atoms with Crippen molar-refractivity contribution in [3.05, 3.63) is 29.8 Å². The van der Waals surface area contributed by atoms with E-state index in [0.717, 1.165) is 12.0 Å². The van der Waals surface area contributed by atoms with E-state index in [1.807, 2.05) is 6.92 Å². The number of hydrogen-bond acceptors (Lipinski definition) is 4. The maximum Gasteiger partial charge on any atom is 0.297 e. The Hall–Kier alpha value is -0.910. The minimum absolute atomic E-state index is 0.0526. The molecule has 0 amide bonds. The van der Waals surface area contributed by atoms with Crippen molar-refractivity contribution in [3.8, 4) is 0 Å². The lowest BCUT2D eigenvalue weighted by Gasteiger charge is -2.64. The van der Waals surface area contributed by atoms with Gasteiger partial charge in [0.2, 0.25) is 0 Å². The van der Waals surface area contributed by atoms with E-state index in [2.05, 4.69) is 13.8 Å². The largest absolute Gasteiger partial charge is 0.387 e. The van der Waals surface area contributed by atoms with Crippen LogP contribution in [0.25, 0.3) is 0 Å². The van der Waals surface area contributed by atoms with Crippen LogP contribution in [0.1, 0.15) is 39.2 Å². The molecule has 4 atom stereocenters. The summed E-state index contributed by atoms with van der Waals surface area (Å²) in [6, 6.07) is 6.59. The van der Waals surface area contributed by atoms with E-state index in [0.29, 0.717) is 12.3 Å². The highest BCUT2D eigenvalue weighted by molar-refractivity contribution is 7.86. The van der Waals surface area contributed by atoms with Gasteiger partial charge in [-0.05, 0) is 56.1 Å². The summed E-state index contributed by atoms with van der Waals surface area (Å²) in [6.07, 6.45) is 0.863. The van der Waals surface area contributed by atoms with Crippen LogP contribution in [0.3, 0.4) is 0 Å². The maximum atomic E-state index is 12.4. The van der Waals surface area contributed by atoms with Crippen LogP contribution >= 0.6 is 0 Å². The van der Waals surface area contributed by atoms with Crippen molar-refractivity contribution < 1.29 is 17.7 Å². The second kappa shape index (κ2) is 4.79. The lowest BCUT2D eigenvalue weighted by Crippen LogP contribution is -2.67. The molecule has 3 aliphatic rings. The van der Waals surface area contributed by atoms with Crippen molar-refractivity contribution in [1.82, 2.24) is 0 Å². The zero-order valence-corrected chi connectivity index (χ0v) is 14.4. The molecule has 122 valence electrons. The van der Waals surface area contributed by atoms with E-state index in [4.69, 9.17) is 4.18 Å². The summed E-state index contributed by atoms with van der Waals surface area (Å²) in [5, 5.41) is 10.8. The van der Waals surface area contributed by atoms with Gasteiger partial charge in [-0.3, -0.25) is 4.18 Å². The van der Waals surface area contributed by atoms with Gasteiger partial charge in [0, 0.05) is 0 Å². The fourth-order valence-electron chi connectivity index (χ4n) is 4.18. The molecule has 4 nitrogen and oxygen atoms in total. The van der Waals surface area contributed by atoms with Crippen LogP contribution in [0, 0.1) is 24.2 Å². The number of benzene rings is 1. The van der Waals surface area contributed by atoms with Crippen LogP contribution in [0.5, 0.6) is 0 Å². The van der Waals surface area contributed by atoms with Crippen LogP contribution in [0.2, 0.25) is 0 Å². The molecule has 0 aliphatic heterocycles. The molecule has 1 N–H and O–H groups in total. The van der Waals surface area contributed by atoms with E-state index in [9.17, 15) is 13.5 Å². The normalized spacial score (nSPS) is 36.7. The van der Waals surface area contributed by atoms with Gasteiger partial charge in [-0.2, -0.15) is 8.42 Å². The SMILES string of the molecule is Cc1ccc(S(=O)(=O)O[C@H]2CC3CC(C3(C)C)[C@@]2(C)O)cc1. The smallest absolute Gasteiger partial charge is 0.297 e. The third-order valence-corrected chi connectivity index (χ3v) is 7.21. The Kier molecular flexibility index (Phi) is 3.48. The highest BCUT2D eigenvalue weighted by atomic mass is 32.2. The lowest BCUT2D eigenvalue weighted by molar-refractivity contribution is -0.237. The van der Waals surface area contributed by atoms with Crippen LogP contribution in [0.4, 0.5) is 0 Å². The average Bonchev–Trinajstić information content (AvgIpc) is 2.40. The van der Waals surface area contributed by atoms with Crippen LogP contribution < -0.4 is 0 Å². The molecule has 2 bridgehead atoms. The van der Waals surface area contributed by atoms with E-state index in [1.165, 1.54) is 0 Å². The molecule has 22 heavy (non-hydrogen) atoms. The Morgan fingerprint density at radius 1 is 1.14 bits per heavy atom. The first-order valence-electron chi connectivity index (χ1n) is 7.77. The van der Waals surface area contributed by atoms with Gasteiger partial charge in [0.05, 0.1) is 10.5 Å². The second-order valence-electron chi connectivity index (χ2n) is 7.62. The first-order valence-corrected chi connectivity index (χ1v) is 9.18. The molecule has 1 aromatic carbocycles. The van der Waals surface area contributed by atoms with Crippen molar-refractivity contribution >= 4 is 10.1 Å². The molecule has 4 rings (SSSR count). The monoisotopic (exact) mass is 324 g/mol. The molecule has 3 saturated carbocycles. The molecule has 0 spiro atoms. The predicted molar refractivity (Wildman–Crippen MR) is 83.9 cm³/mol. The summed E-state index contributed by atoms with van der Waals surface area (Å²) >= 11 is 0. The summed E-state index contributed by atoms with van der Waals surface area (Å²) in [5.41, 5.74) is -0.0703. The highest BCUT2D eigenvalue weighted by Gasteiger charge is 2.64. The third-order valence-electron chi connectivity index (χ3n) is 5.88. The van der Waals surface area contributed by atoms with Gasteiger partial charge in [-0.1, -0.05) is 31.5 Å². The zero-order chi connectivity index (χ0) is 16.3. The highest BCUT2D eigenvalue weighted by Crippen LogP contribution is 2.63. The van der Waals surface area contributed by atoms with Gasteiger partial charge in [0.25, 0.3) is 10.1 Å². The summed E-state index contributed by atoms with van der Waals surface area (Å²) in [5.74, 6) is 0.493. The van der Waals surface area contributed by atoms with Gasteiger partial charge in [-0.25, -0.2) is 0 Å². The minimum atomic E-state index is -3.85.